The second-order valence-electron chi connectivity index (χ2n) is 6.18. The van der Waals surface area contributed by atoms with Crippen LogP contribution in [0.25, 0.3) is 0 Å². The van der Waals surface area contributed by atoms with E-state index in [-0.39, 0.29) is 24.3 Å². The van der Waals surface area contributed by atoms with Gasteiger partial charge in [-0.25, -0.2) is 0 Å². The third-order valence-electron chi connectivity index (χ3n) is 3.29. The van der Waals surface area contributed by atoms with Crippen LogP contribution < -0.4 is 0 Å². The number of halogens is 2. The summed E-state index contributed by atoms with van der Waals surface area (Å²) in [6.45, 7) is 9.40. The standard InChI is InChI=1S/C11H11F2NO2.C5H12O.C2H6/c12-11(13)6-14(7-16)4-9-2-1-8(5-15)3-10(9)11;1-5(2,3)6-4;1-2/h1-3,7,15H,4-6H2;1-4H3;1-2H3. The quantitative estimate of drug-likeness (QED) is 0.832. The van der Waals surface area contributed by atoms with Gasteiger partial charge in [-0.2, -0.15) is 8.78 Å². The molecule has 138 valence electrons. The summed E-state index contributed by atoms with van der Waals surface area (Å²) >= 11 is 0. The number of aliphatic hydroxyl groups is 1. The lowest BCUT2D eigenvalue weighted by Crippen LogP contribution is -2.39. The number of benzene rings is 1. The Morgan fingerprint density at radius 3 is 2.29 bits per heavy atom. The van der Waals surface area contributed by atoms with Gasteiger partial charge in [0.1, 0.15) is 0 Å². The lowest BCUT2D eigenvalue weighted by atomic mass is 9.95. The predicted octanol–water partition coefficient (Wildman–Crippen LogP) is 3.70. The van der Waals surface area contributed by atoms with E-state index in [1.165, 1.54) is 12.1 Å². The van der Waals surface area contributed by atoms with E-state index in [2.05, 4.69) is 0 Å². The number of fused-ring (bicyclic) bond motifs is 1. The number of aliphatic hydroxyl groups excluding tert-OH is 1. The first-order valence-corrected chi connectivity index (χ1v) is 7.98. The fraction of sp³-hybridized carbons (Fsp3) is 0.611. The van der Waals surface area contributed by atoms with Crippen LogP contribution in [0.5, 0.6) is 0 Å². The van der Waals surface area contributed by atoms with Gasteiger partial charge in [-0.05, 0) is 38.0 Å². The SMILES string of the molecule is CC.COC(C)(C)C.O=CN1Cc2ccc(CO)cc2C(F)(F)C1. The number of carbonyl (C=O) groups excluding carboxylic acids is 1. The van der Waals surface area contributed by atoms with Crippen molar-refractivity contribution in [2.45, 2.75) is 59.3 Å². The monoisotopic (exact) mass is 345 g/mol. The number of amides is 1. The zero-order chi connectivity index (χ0) is 19.0. The van der Waals surface area contributed by atoms with Crippen molar-refractivity contribution in [1.29, 1.82) is 0 Å². The van der Waals surface area contributed by atoms with E-state index < -0.39 is 12.5 Å². The molecule has 0 bridgehead atoms. The van der Waals surface area contributed by atoms with Crippen molar-refractivity contribution < 1.29 is 23.4 Å². The average Bonchev–Trinajstić information content (AvgIpc) is 2.55. The molecule has 2 rings (SSSR count). The third-order valence-corrected chi connectivity index (χ3v) is 3.29. The van der Waals surface area contributed by atoms with Crippen LogP contribution in [-0.2, 0) is 28.6 Å². The summed E-state index contributed by atoms with van der Waals surface area (Å²) in [4.78, 5) is 11.6. The van der Waals surface area contributed by atoms with E-state index in [4.69, 9.17) is 9.84 Å². The number of alkyl halides is 2. The van der Waals surface area contributed by atoms with Crippen LogP contribution in [0.15, 0.2) is 18.2 Å². The molecular weight excluding hydrogens is 316 g/mol. The van der Waals surface area contributed by atoms with Gasteiger partial charge in [0.15, 0.2) is 0 Å². The molecule has 24 heavy (non-hydrogen) atoms. The van der Waals surface area contributed by atoms with E-state index in [0.717, 1.165) is 4.90 Å². The van der Waals surface area contributed by atoms with Crippen LogP contribution in [0.3, 0.4) is 0 Å². The van der Waals surface area contributed by atoms with Crippen LogP contribution in [0.4, 0.5) is 8.78 Å². The summed E-state index contributed by atoms with van der Waals surface area (Å²) in [6.07, 6.45) is 0.427. The van der Waals surface area contributed by atoms with Gasteiger partial charge in [-0.1, -0.05) is 26.0 Å². The van der Waals surface area contributed by atoms with E-state index in [1.807, 2.05) is 34.6 Å². The molecule has 0 aromatic heterocycles. The highest BCUT2D eigenvalue weighted by molar-refractivity contribution is 5.50. The molecule has 1 aromatic rings. The van der Waals surface area contributed by atoms with E-state index in [9.17, 15) is 13.6 Å². The molecule has 0 saturated heterocycles. The number of rotatable bonds is 2. The summed E-state index contributed by atoms with van der Waals surface area (Å²) in [6, 6.07) is 4.42. The van der Waals surface area contributed by atoms with Crippen LogP contribution in [-0.4, -0.2) is 35.7 Å². The summed E-state index contributed by atoms with van der Waals surface area (Å²) in [7, 11) is 1.71. The highest BCUT2D eigenvalue weighted by atomic mass is 19.3. The molecule has 0 saturated carbocycles. The minimum absolute atomic E-state index is 0.0417. The molecule has 0 spiro atoms. The molecule has 0 aliphatic carbocycles. The van der Waals surface area contributed by atoms with Gasteiger partial charge in [0.25, 0.3) is 5.92 Å². The Balaban J connectivity index is 0.000000563. The van der Waals surface area contributed by atoms with Gasteiger partial charge in [-0.3, -0.25) is 4.79 Å². The first kappa shape index (κ1) is 22.5. The zero-order valence-corrected chi connectivity index (χ0v) is 15.4. The Morgan fingerprint density at radius 2 is 1.88 bits per heavy atom. The van der Waals surface area contributed by atoms with Gasteiger partial charge in [0, 0.05) is 19.2 Å². The van der Waals surface area contributed by atoms with Gasteiger partial charge < -0.3 is 14.7 Å². The minimum atomic E-state index is -3.04. The summed E-state index contributed by atoms with van der Waals surface area (Å²) in [5.41, 5.74) is 0.843. The van der Waals surface area contributed by atoms with Crippen LogP contribution in [0, 0.1) is 0 Å². The molecule has 1 aliphatic heterocycles. The highest BCUT2D eigenvalue weighted by Crippen LogP contribution is 2.36. The molecule has 0 atom stereocenters. The second-order valence-corrected chi connectivity index (χ2v) is 6.18. The molecule has 6 heteroatoms. The van der Waals surface area contributed by atoms with Crippen molar-refractivity contribution in [2.24, 2.45) is 0 Å². The van der Waals surface area contributed by atoms with Gasteiger partial charge in [0.05, 0.1) is 18.8 Å². The number of methoxy groups -OCH3 is 1. The Morgan fingerprint density at radius 1 is 1.33 bits per heavy atom. The van der Waals surface area contributed by atoms with Crippen LogP contribution in [0.2, 0.25) is 0 Å². The molecular formula is C18H29F2NO3. The highest BCUT2D eigenvalue weighted by Gasteiger charge is 2.39. The van der Waals surface area contributed by atoms with Gasteiger partial charge in [-0.15, -0.1) is 0 Å². The number of carbonyl (C=O) groups is 1. The summed E-state index contributed by atoms with van der Waals surface area (Å²) in [5, 5.41) is 8.90. The van der Waals surface area contributed by atoms with Crippen molar-refractivity contribution >= 4 is 6.41 Å². The van der Waals surface area contributed by atoms with Crippen molar-refractivity contribution in [3.63, 3.8) is 0 Å². The average molecular weight is 345 g/mol. The largest absolute Gasteiger partial charge is 0.392 e. The fourth-order valence-corrected chi connectivity index (χ4v) is 1.89. The van der Waals surface area contributed by atoms with Crippen molar-refractivity contribution in [3.8, 4) is 0 Å². The van der Waals surface area contributed by atoms with Crippen LogP contribution in [0.1, 0.15) is 51.3 Å². The molecule has 1 amide bonds. The van der Waals surface area contributed by atoms with E-state index in [1.54, 1.807) is 13.2 Å². The maximum Gasteiger partial charge on any atom is 0.290 e. The number of hydrogen-bond acceptors (Lipinski definition) is 3. The number of hydrogen-bond donors (Lipinski definition) is 1. The number of ether oxygens (including phenoxy) is 1. The second kappa shape index (κ2) is 9.69. The van der Waals surface area contributed by atoms with E-state index >= 15 is 0 Å². The molecule has 1 aliphatic rings. The van der Waals surface area contributed by atoms with E-state index in [0.29, 0.717) is 17.5 Å². The minimum Gasteiger partial charge on any atom is -0.392 e. The van der Waals surface area contributed by atoms with Crippen molar-refractivity contribution in [3.05, 3.63) is 34.9 Å². The Bertz CT molecular complexity index is 513. The van der Waals surface area contributed by atoms with Crippen molar-refractivity contribution in [1.82, 2.24) is 4.90 Å². The van der Waals surface area contributed by atoms with Gasteiger partial charge in [0.2, 0.25) is 6.41 Å². The maximum atomic E-state index is 13.7. The Labute approximate surface area is 143 Å². The van der Waals surface area contributed by atoms with Crippen molar-refractivity contribution in [2.75, 3.05) is 13.7 Å². The third kappa shape index (κ3) is 6.93. The lowest BCUT2D eigenvalue weighted by Gasteiger charge is -2.32. The van der Waals surface area contributed by atoms with Gasteiger partial charge >= 0.3 is 0 Å². The number of nitrogens with zero attached hydrogens (tertiary/aromatic N) is 1. The lowest BCUT2D eigenvalue weighted by molar-refractivity contribution is -0.127. The van der Waals surface area contributed by atoms with Crippen LogP contribution >= 0.6 is 0 Å². The summed E-state index contributed by atoms with van der Waals surface area (Å²) in [5.74, 6) is -3.04. The zero-order valence-electron chi connectivity index (χ0n) is 15.4. The molecule has 1 N–H and O–H groups in total. The molecule has 0 unspecified atom stereocenters. The fourth-order valence-electron chi connectivity index (χ4n) is 1.89. The maximum absolute atomic E-state index is 13.7. The molecule has 4 nitrogen and oxygen atoms in total. The molecule has 0 fully saturated rings. The normalized spacial score (nSPS) is 15.3. The smallest absolute Gasteiger partial charge is 0.290 e. The molecule has 0 radical (unpaired) electrons. The molecule has 1 aromatic carbocycles. The molecule has 1 heterocycles. The first-order chi connectivity index (χ1) is 11.1. The summed E-state index contributed by atoms with van der Waals surface area (Å²) < 4.78 is 32.3. The Kier molecular flexibility index (Phi) is 9.07. The Hall–Kier alpha value is -1.53. The first-order valence-electron chi connectivity index (χ1n) is 7.98. The predicted molar refractivity (Wildman–Crippen MR) is 90.8 cm³/mol. The topological polar surface area (TPSA) is 49.8 Å².